The molecule has 5 nitrogen and oxygen atoms in total. The fourth-order valence-electron chi connectivity index (χ4n) is 6.23. The third kappa shape index (κ3) is 3.03. The van der Waals surface area contributed by atoms with E-state index in [1.165, 1.54) is 11.3 Å². The summed E-state index contributed by atoms with van der Waals surface area (Å²) in [6.07, 6.45) is -1.06. The van der Waals surface area contributed by atoms with Crippen molar-refractivity contribution in [2.24, 2.45) is 17.8 Å². The zero-order valence-electron chi connectivity index (χ0n) is 18.3. The summed E-state index contributed by atoms with van der Waals surface area (Å²) in [6.45, 7) is 4.35. The molecule has 10 heteroatoms. The molecule has 1 unspecified atom stereocenters. The molecule has 2 fully saturated rings. The zero-order valence-corrected chi connectivity index (χ0v) is 20.1. The first kappa shape index (κ1) is 22.9. The highest BCUT2D eigenvalue weighted by Crippen LogP contribution is 2.61. The largest absolute Gasteiger partial charge is 0.417 e. The number of nitrogens with zero attached hydrogens (tertiary/aromatic N) is 2. The van der Waals surface area contributed by atoms with Gasteiger partial charge in [-0.15, -0.1) is 0 Å². The summed E-state index contributed by atoms with van der Waals surface area (Å²) >= 11 is 0. The molecule has 1 saturated carbocycles. The van der Waals surface area contributed by atoms with Crippen LogP contribution in [0.2, 0.25) is 18.6 Å². The van der Waals surface area contributed by atoms with Gasteiger partial charge in [-0.1, -0.05) is 60.8 Å². The molecule has 1 saturated heterocycles. The van der Waals surface area contributed by atoms with Gasteiger partial charge in [-0.2, -0.15) is 18.4 Å². The number of fused-ring (bicyclic) bond motifs is 5. The van der Waals surface area contributed by atoms with Crippen LogP contribution in [0.25, 0.3) is 0 Å². The Morgan fingerprint density at radius 3 is 2.26 bits per heavy atom. The zero-order chi connectivity index (χ0) is 24.6. The van der Waals surface area contributed by atoms with Crippen LogP contribution < -0.4 is 9.49 Å². The molecule has 2 bridgehead atoms. The van der Waals surface area contributed by atoms with Gasteiger partial charge in [0.15, 0.2) is 0 Å². The molecule has 0 aromatic heterocycles. The molecule has 5 atom stereocenters. The number of alkyl halides is 3. The Kier molecular flexibility index (Phi) is 4.91. The maximum atomic E-state index is 13.6. The quantitative estimate of drug-likeness (QED) is 0.469. The number of sulfonamides is 1. The second-order valence-corrected chi connectivity index (χ2v) is 16.3. The highest BCUT2D eigenvalue weighted by Gasteiger charge is 2.69. The Morgan fingerprint density at radius 1 is 1.03 bits per heavy atom. The molecule has 2 aliphatic carbocycles. The topological polar surface area (TPSA) is 78.2 Å². The molecular weight excluding hydrogens is 481 g/mol. The van der Waals surface area contributed by atoms with Crippen LogP contribution in [-0.2, 0) is 21.0 Å². The number of amides is 1. The van der Waals surface area contributed by atoms with Crippen molar-refractivity contribution in [1.82, 2.24) is 0 Å². The van der Waals surface area contributed by atoms with Gasteiger partial charge in [0.25, 0.3) is 0 Å². The summed E-state index contributed by atoms with van der Waals surface area (Å²) in [5.41, 5.74) is -2.26. The van der Waals surface area contributed by atoms with E-state index in [4.69, 9.17) is 5.26 Å². The number of carbonyl (C=O) groups is 1. The van der Waals surface area contributed by atoms with Gasteiger partial charge in [-0.25, -0.2) is 12.7 Å². The van der Waals surface area contributed by atoms with Gasteiger partial charge in [-0.3, -0.25) is 4.79 Å². The van der Waals surface area contributed by atoms with Gasteiger partial charge in [0, 0.05) is 0 Å². The lowest BCUT2D eigenvalue weighted by Gasteiger charge is -2.35. The van der Waals surface area contributed by atoms with Gasteiger partial charge in [0.05, 0.1) is 42.1 Å². The van der Waals surface area contributed by atoms with E-state index in [2.05, 4.69) is 13.1 Å². The first-order valence-electron chi connectivity index (χ1n) is 10.8. The van der Waals surface area contributed by atoms with Crippen LogP contribution in [0.3, 0.4) is 0 Å². The fraction of sp³-hybridized carbons (Fsp3) is 0.333. The minimum Gasteiger partial charge on any atom is -0.273 e. The monoisotopic (exact) mass is 502 g/mol. The summed E-state index contributed by atoms with van der Waals surface area (Å²) in [7, 11) is -6.45. The SMILES string of the molecule is C[Si](C)(c1ccccc1)C1[C@H]2C=C[C@@H]1[C@@H]1[C@H]2C(=O)N(c2ccc(C#N)c(C(F)(F)F)c2)S1(=O)=O. The molecule has 34 heavy (non-hydrogen) atoms. The van der Waals surface area contributed by atoms with E-state index in [-0.39, 0.29) is 23.1 Å². The summed E-state index contributed by atoms with van der Waals surface area (Å²) in [5, 5.41) is 9.22. The van der Waals surface area contributed by atoms with Crippen molar-refractivity contribution in [3.8, 4) is 6.07 Å². The minimum absolute atomic E-state index is 0.00234. The number of halogens is 3. The third-order valence-corrected chi connectivity index (χ3v) is 14.1. The van der Waals surface area contributed by atoms with Crippen LogP contribution in [0.15, 0.2) is 60.7 Å². The molecule has 176 valence electrons. The average Bonchev–Trinajstić information content (AvgIpc) is 3.42. The van der Waals surface area contributed by atoms with Crippen LogP contribution in [-0.4, -0.2) is 27.6 Å². The molecule has 2 aromatic carbocycles. The number of anilines is 1. The number of hydrogen-bond donors (Lipinski definition) is 0. The standard InChI is InChI=1S/C24H21F3N2O3SSi/c1-34(2,16-6-4-3-5-7-16)22-17-10-11-18(22)21-20(17)23(30)29(33(21,31)32)15-9-8-14(13-28)19(12-15)24(25,26)27/h3-12,17-18,20-22H,1-2H3/t17-,18+,20-,21+,22?/m0/s1. The van der Waals surface area contributed by atoms with Crippen LogP contribution in [0.1, 0.15) is 11.1 Å². The Morgan fingerprint density at radius 2 is 1.68 bits per heavy atom. The number of allylic oxidation sites excluding steroid dienone is 2. The van der Waals surface area contributed by atoms with Crippen LogP contribution in [0.5, 0.6) is 0 Å². The maximum absolute atomic E-state index is 13.6. The smallest absolute Gasteiger partial charge is 0.273 e. The number of benzene rings is 2. The normalized spacial score (nSPS) is 29.4. The van der Waals surface area contributed by atoms with E-state index in [0.29, 0.717) is 10.4 Å². The van der Waals surface area contributed by atoms with Gasteiger partial charge in [-0.05, 0) is 35.6 Å². The predicted octanol–water partition coefficient (Wildman–Crippen LogP) is 4.04. The fourth-order valence-corrected chi connectivity index (χ4v) is 12.7. The van der Waals surface area contributed by atoms with E-state index >= 15 is 0 Å². The molecule has 0 radical (unpaired) electrons. The second-order valence-electron chi connectivity index (χ2n) is 9.63. The van der Waals surface area contributed by atoms with Gasteiger partial charge >= 0.3 is 6.18 Å². The van der Waals surface area contributed by atoms with Gasteiger partial charge < -0.3 is 0 Å². The molecule has 1 amide bonds. The Bertz CT molecular complexity index is 1370. The lowest BCUT2D eigenvalue weighted by Crippen LogP contribution is -2.49. The minimum atomic E-state index is -4.86. The molecule has 3 aliphatic rings. The first-order valence-corrected chi connectivity index (χ1v) is 15.4. The number of hydrogen-bond acceptors (Lipinski definition) is 4. The lowest BCUT2D eigenvalue weighted by molar-refractivity contribution is -0.137. The maximum Gasteiger partial charge on any atom is 0.417 e. The van der Waals surface area contributed by atoms with E-state index in [1.54, 1.807) is 0 Å². The van der Waals surface area contributed by atoms with Crippen molar-refractivity contribution < 1.29 is 26.4 Å². The highest BCUT2D eigenvalue weighted by molar-refractivity contribution is 7.94. The van der Waals surface area contributed by atoms with Crippen LogP contribution >= 0.6 is 0 Å². The highest BCUT2D eigenvalue weighted by atomic mass is 32.2. The molecule has 1 aliphatic heterocycles. The molecule has 1 heterocycles. The summed E-state index contributed by atoms with van der Waals surface area (Å²) in [6, 6.07) is 14.0. The van der Waals surface area contributed by atoms with Crippen molar-refractivity contribution in [3.05, 3.63) is 71.8 Å². The second kappa shape index (κ2) is 7.30. The number of nitriles is 1. The molecule has 0 N–H and O–H groups in total. The molecule has 2 aromatic rings. The van der Waals surface area contributed by atoms with E-state index in [0.717, 1.165) is 12.1 Å². The molecule has 0 spiro atoms. The van der Waals surface area contributed by atoms with Gasteiger partial charge in [0.2, 0.25) is 15.9 Å². The van der Waals surface area contributed by atoms with Crippen molar-refractivity contribution in [2.45, 2.75) is 30.1 Å². The van der Waals surface area contributed by atoms with Crippen LogP contribution in [0.4, 0.5) is 18.9 Å². The Labute approximate surface area is 196 Å². The third-order valence-electron chi connectivity index (χ3n) is 7.63. The molecule has 5 rings (SSSR count). The van der Waals surface area contributed by atoms with E-state index in [1.807, 2.05) is 42.5 Å². The number of rotatable bonds is 3. The van der Waals surface area contributed by atoms with E-state index in [9.17, 15) is 26.4 Å². The van der Waals surface area contributed by atoms with Crippen molar-refractivity contribution in [1.29, 1.82) is 5.26 Å². The number of carbonyl (C=O) groups excluding carboxylic acids is 1. The molecular formula is C24H21F3N2O3SSi. The Balaban J connectivity index is 1.57. The predicted molar refractivity (Wildman–Crippen MR) is 123 cm³/mol. The average molecular weight is 503 g/mol. The summed E-state index contributed by atoms with van der Waals surface area (Å²) in [5.74, 6) is -2.19. The van der Waals surface area contributed by atoms with E-state index < -0.39 is 52.5 Å². The van der Waals surface area contributed by atoms with Crippen LogP contribution in [0, 0.1) is 29.1 Å². The summed E-state index contributed by atoms with van der Waals surface area (Å²) < 4.78 is 68.3. The van der Waals surface area contributed by atoms with Crippen molar-refractivity contribution in [3.63, 3.8) is 0 Å². The van der Waals surface area contributed by atoms with Crippen molar-refractivity contribution in [2.75, 3.05) is 4.31 Å². The lowest BCUT2D eigenvalue weighted by atomic mass is 9.92. The summed E-state index contributed by atoms with van der Waals surface area (Å²) in [4.78, 5) is 13.5. The van der Waals surface area contributed by atoms with Gasteiger partial charge in [0.1, 0.15) is 0 Å². The first-order chi connectivity index (χ1) is 15.9. The van der Waals surface area contributed by atoms with Crippen molar-refractivity contribution >= 4 is 34.9 Å². The Hall–Kier alpha value is -2.90.